The summed E-state index contributed by atoms with van der Waals surface area (Å²) in [6.07, 6.45) is 0.952. The maximum atomic E-state index is 11.9. The van der Waals surface area contributed by atoms with Gasteiger partial charge in [0.05, 0.1) is 10.6 Å². The Balaban J connectivity index is 2.20. The summed E-state index contributed by atoms with van der Waals surface area (Å²) in [5.41, 5.74) is 0. The number of sulfone groups is 1. The number of halogens is 1. The minimum atomic E-state index is -3.14. The molecule has 0 aromatic heterocycles. The number of hydrogen-bond donors (Lipinski definition) is 1. The van der Waals surface area contributed by atoms with Crippen LogP contribution in [0.4, 0.5) is 0 Å². The van der Waals surface area contributed by atoms with Crippen molar-refractivity contribution in [3.63, 3.8) is 0 Å². The monoisotopic (exact) mass is 289 g/mol. The lowest BCUT2D eigenvalue weighted by molar-refractivity contribution is 0.399. The second-order valence-electron chi connectivity index (χ2n) is 3.68. The second-order valence-corrected chi connectivity index (χ2v) is 6.63. The van der Waals surface area contributed by atoms with Gasteiger partial charge in [-0.05, 0) is 31.2 Å². The van der Waals surface area contributed by atoms with Crippen molar-refractivity contribution in [2.75, 3.05) is 12.3 Å². The summed E-state index contributed by atoms with van der Waals surface area (Å²) in [4.78, 5) is 0.394. The zero-order valence-electron chi connectivity index (χ0n) is 8.11. The van der Waals surface area contributed by atoms with E-state index >= 15 is 0 Å². The maximum Gasteiger partial charge on any atom is 0.179 e. The first-order chi connectivity index (χ1) is 7.08. The molecule has 1 N–H and O–H groups in total. The molecule has 2 rings (SSSR count). The van der Waals surface area contributed by atoms with Crippen molar-refractivity contribution in [2.24, 2.45) is 0 Å². The molecule has 1 aliphatic rings. The highest BCUT2D eigenvalue weighted by Crippen LogP contribution is 2.19. The molecule has 1 heterocycles. The molecular weight excluding hydrogens is 278 g/mol. The topological polar surface area (TPSA) is 46.2 Å². The quantitative estimate of drug-likeness (QED) is 0.919. The molecule has 0 aliphatic carbocycles. The predicted molar refractivity (Wildman–Crippen MR) is 62.6 cm³/mol. The third kappa shape index (κ3) is 2.59. The largest absolute Gasteiger partial charge is 0.313 e. The van der Waals surface area contributed by atoms with Gasteiger partial charge in [0.2, 0.25) is 0 Å². The standard InChI is InChI=1S/C10H12BrNO2S/c11-8-2-1-3-10(6-8)15(13,14)7-9-4-5-12-9/h1-3,6,9,12H,4-5,7H2. The molecule has 1 atom stereocenters. The lowest BCUT2D eigenvalue weighted by Crippen LogP contribution is -2.47. The summed E-state index contributed by atoms with van der Waals surface area (Å²) in [5, 5.41) is 3.10. The smallest absolute Gasteiger partial charge is 0.179 e. The van der Waals surface area contributed by atoms with Crippen molar-refractivity contribution < 1.29 is 8.42 Å². The summed E-state index contributed by atoms with van der Waals surface area (Å²) in [6.45, 7) is 0.929. The fourth-order valence-electron chi connectivity index (χ4n) is 1.51. The van der Waals surface area contributed by atoms with Gasteiger partial charge in [-0.25, -0.2) is 8.42 Å². The van der Waals surface area contributed by atoms with E-state index in [0.717, 1.165) is 17.4 Å². The van der Waals surface area contributed by atoms with Crippen molar-refractivity contribution in [3.8, 4) is 0 Å². The van der Waals surface area contributed by atoms with E-state index in [-0.39, 0.29) is 11.8 Å². The number of hydrogen-bond acceptors (Lipinski definition) is 3. The molecule has 1 aromatic carbocycles. The first-order valence-electron chi connectivity index (χ1n) is 4.80. The van der Waals surface area contributed by atoms with Gasteiger partial charge in [-0.3, -0.25) is 0 Å². The molecule has 1 aromatic rings. The van der Waals surface area contributed by atoms with Crippen molar-refractivity contribution in [2.45, 2.75) is 17.4 Å². The minimum absolute atomic E-state index is 0.133. The van der Waals surface area contributed by atoms with E-state index in [2.05, 4.69) is 21.2 Å². The molecule has 3 nitrogen and oxygen atoms in total. The van der Waals surface area contributed by atoms with E-state index in [9.17, 15) is 8.42 Å². The molecule has 5 heteroatoms. The van der Waals surface area contributed by atoms with E-state index in [0.29, 0.717) is 4.90 Å². The van der Waals surface area contributed by atoms with Crippen LogP contribution in [-0.2, 0) is 9.84 Å². The zero-order valence-corrected chi connectivity index (χ0v) is 10.5. The van der Waals surface area contributed by atoms with Crippen LogP contribution in [0.25, 0.3) is 0 Å². The first-order valence-corrected chi connectivity index (χ1v) is 7.24. The van der Waals surface area contributed by atoms with Crippen LogP contribution in [0.1, 0.15) is 6.42 Å². The van der Waals surface area contributed by atoms with E-state index in [1.165, 1.54) is 0 Å². The summed E-state index contributed by atoms with van der Waals surface area (Å²) in [7, 11) is -3.14. The average Bonchev–Trinajstić information content (AvgIpc) is 2.12. The van der Waals surface area contributed by atoms with Gasteiger partial charge in [0.15, 0.2) is 9.84 Å². The highest BCUT2D eigenvalue weighted by Gasteiger charge is 2.25. The normalized spacial score (nSPS) is 21.0. The van der Waals surface area contributed by atoms with E-state index in [4.69, 9.17) is 0 Å². The van der Waals surface area contributed by atoms with Gasteiger partial charge in [-0.1, -0.05) is 22.0 Å². The lowest BCUT2D eigenvalue weighted by Gasteiger charge is -2.27. The maximum absolute atomic E-state index is 11.9. The molecule has 1 fully saturated rings. The van der Waals surface area contributed by atoms with Gasteiger partial charge in [0.1, 0.15) is 0 Å². The van der Waals surface area contributed by atoms with Crippen LogP contribution in [0.2, 0.25) is 0 Å². The highest BCUT2D eigenvalue weighted by atomic mass is 79.9. The zero-order chi connectivity index (χ0) is 10.9. The van der Waals surface area contributed by atoms with Crippen LogP contribution in [-0.4, -0.2) is 26.8 Å². The van der Waals surface area contributed by atoms with Gasteiger partial charge in [-0.2, -0.15) is 0 Å². The molecule has 1 aliphatic heterocycles. The number of benzene rings is 1. The Morgan fingerprint density at radius 3 is 2.73 bits per heavy atom. The molecule has 1 saturated heterocycles. The van der Waals surface area contributed by atoms with Gasteiger partial charge >= 0.3 is 0 Å². The van der Waals surface area contributed by atoms with Crippen LogP contribution in [0.5, 0.6) is 0 Å². The lowest BCUT2D eigenvalue weighted by atomic mass is 10.1. The third-order valence-electron chi connectivity index (χ3n) is 2.50. The molecule has 0 amide bonds. The molecular formula is C10H12BrNO2S. The molecule has 0 bridgehead atoms. The minimum Gasteiger partial charge on any atom is -0.313 e. The molecule has 1 unspecified atom stereocenters. The van der Waals surface area contributed by atoms with Crippen LogP contribution >= 0.6 is 15.9 Å². The van der Waals surface area contributed by atoms with Crippen molar-refractivity contribution in [1.82, 2.24) is 5.32 Å². The number of nitrogens with one attached hydrogen (secondary N) is 1. The van der Waals surface area contributed by atoms with Crippen LogP contribution in [0, 0.1) is 0 Å². The number of rotatable bonds is 3. The van der Waals surface area contributed by atoms with Crippen LogP contribution in [0.15, 0.2) is 33.6 Å². The SMILES string of the molecule is O=S(=O)(CC1CCN1)c1cccc(Br)c1. The van der Waals surface area contributed by atoms with Crippen molar-refractivity contribution >= 4 is 25.8 Å². The van der Waals surface area contributed by atoms with Gasteiger partial charge in [-0.15, -0.1) is 0 Å². The fourth-order valence-corrected chi connectivity index (χ4v) is 3.66. The van der Waals surface area contributed by atoms with Crippen molar-refractivity contribution in [3.05, 3.63) is 28.7 Å². The van der Waals surface area contributed by atoms with Gasteiger partial charge < -0.3 is 5.32 Å². The molecule has 0 spiro atoms. The average molecular weight is 290 g/mol. The fraction of sp³-hybridized carbons (Fsp3) is 0.400. The third-order valence-corrected chi connectivity index (χ3v) is 4.81. The Morgan fingerprint density at radius 2 is 2.20 bits per heavy atom. The van der Waals surface area contributed by atoms with Gasteiger partial charge in [0.25, 0.3) is 0 Å². The van der Waals surface area contributed by atoms with E-state index < -0.39 is 9.84 Å². The Labute approximate surface area is 97.9 Å². The molecule has 82 valence electrons. The Bertz CT molecular complexity index is 454. The van der Waals surface area contributed by atoms with E-state index in [1.807, 2.05) is 6.07 Å². The Hall–Kier alpha value is -0.390. The summed E-state index contributed by atoms with van der Waals surface area (Å²) in [6, 6.07) is 6.98. The molecule has 0 radical (unpaired) electrons. The van der Waals surface area contributed by atoms with Gasteiger partial charge in [0, 0.05) is 10.5 Å². The summed E-state index contributed by atoms with van der Waals surface area (Å²) < 4.78 is 24.6. The highest BCUT2D eigenvalue weighted by molar-refractivity contribution is 9.10. The Morgan fingerprint density at radius 1 is 1.47 bits per heavy atom. The molecule has 0 saturated carbocycles. The van der Waals surface area contributed by atoms with Crippen LogP contribution < -0.4 is 5.32 Å². The second kappa shape index (κ2) is 4.23. The summed E-state index contributed by atoms with van der Waals surface area (Å²) in [5.74, 6) is 0.198. The van der Waals surface area contributed by atoms with Crippen molar-refractivity contribution in [1.29, 1.82) is 0 Å². The predicted octanol–water partition coefficient (Wildman–Crippen LogP) is 1.58. The first kappa shape index (κ1) is 11.1. The van der Waals surface area contributed by atoms with E-state index in [1.54, 1.807) is 18.2 Å². The van der Waals surface area contributed by atoms with Crippen LogP contribution in [0.3, 0.4) is 0 Å². The molecule has 15 heavy (non-hydrogen) atoms. The summed E-state index contributed by atoms with van der Waals surface area (Å²) >= 11 is 3.27. The Kier molecular flexibility index (Phi) is 3.13.